The van der Waals surface area contributed by atoms with E-state index in [0.29, 0.717) is 11.3 Å². The van der Waals surface area contributed by atoms with Crippen molar-refractivity contribution in [1.29, 1.82) is 5.26 Å². The Balaban J connectivity index is 1.90. The van der Waals surface area contributed by atoms with Crippen LogP contribution in [0.2, 0.25) is 0 Å². The lowest BCUT2D eigenvalue weighted by Crippen LogP contribution is -2.34. The second kappa shape index (κ2) is 7.19. The van der Waals surface area contributed by atoms with Gasteiger partial charge in [0.2, 0.25) is 0 Å². The Hall–Kier alpha value is -2.83. The fourth-order valence-corrected chi connectivity index (χ4v) is 4.05. The Kier molecular flexibility index (Phi) is 4.60. The van der Waals surface area contributed by atoms with Crippen molar-refractivity contribution in [2.24, 2.45) is 0 Å². The Morgan fingerprint density at radius 3 is 2.35 bits per heavy atom. The molecule has 1 aliphatic rings. The van der Waals surface area contributed by atoms with Crippen LogP contribution in [-0.4, -0.2) is 23.1 Å². The number of benzene rings is 3. The molecule has 1 atom stereocenters. The second-order valence-electron chi connectivity index (χ2n) is 6.95. The maximum Gasteiger partial charge on any atom is 0.121 e. The maximum absolute atomic E-state index is 10.8. The van der Waals surface area contributed by atoms with Crippen LogP contribution < -0.4 is 0 Å². The van der Waals surface area contributed by atoms with Crippen molar-refractivity contribution < 1.29 is 5.11 Å². The first kappa shape index (κ1) is 16.6. The van der Waals surface area contributed by atoms with E-state index in [0.717, 1.165) is 35.0 Å². The van der Waals surface area contributed by atoms with Crippen molar-refractivity contribution in [2.45, 2.75) is 25.3 Å². The Morgan fingerprint density at radius 2 is 1.62 bits per heavy atom. The van der Waals surface area contributed by atoms with Crippen molar-refractivity contribution >= 4 is 10.8 Å². The molecule has 1 N–H and O–H groups in total. The van der Waals surface area contributed by atoms with Crippen molar-refractivity contribution in [1.82, 2.24) is 4.90 Å². The molecule has 1 unspecified atom stereocenters. The average molecular weight is 342 g/mol. The largest absolute Gasteiger partial charge is 0.508 e. The van der Waals surface area contributed by atoms with Gasteiger partial charge >= 0.3 is 0 Å². The number of aromatic hydroxyl groups is 1. The Bertz CT molecular complexity index is 950. The SMILES string of the molecule is N#Cc1ccc(C(c2c(O)ccc3ccccc23)N2CCCCC2)cc1. The molecule has 3 aromatic rings. The zero-order valence-corrected chi connectivity index (χ0v) is 14.7. The lowest BCUT2D eigenvalue weighted by Gasteiger charge is -2.36. The van der Waals surface area contributed by atoms with E-state index < -0.39 is 0 Å². The minimum absolute atomic E-state index is 0.00542. The Labute approximate surface area is 154 Å². The summed E-state index contributed by atoms with van der Waals surface area (Å²) < 4.78 is 0. The van der Waals surface area contributed by atoms with Crippen LogP contribution in [0.25, 0.3) is 10.8 Å². The van der Waals surface area contributed by atoms with E-state index >= 15 is 0 Å². The van der Waals surface area contributed by atoms with Gasteiger partial charge in [0.15, 0.2) is 0 Å². The molecule has 0 amide bonds. The molecule has 26 heavy (non-hydrogen) atoms. The highest BCUT2D eigenvalue weighted by Gasteiger charge is 2.27. The number of hydrogen-bond donors (Lipinski definition) is 1. The van der Waals surface area contributed by atoms with Gasteiger partial charge in [-0.2, -0.15) is 5.26 Å². The molecule has 0 spiro atoms. The van der Waals surface area contributed by atoms with Gasteiger partial charge in [-0.05, 0) is 60.5 Å². The number of fused-ring (bicyclic) bond motifs is 1. The van der Waals surface area contributed by atoms with Crippen LogP contribution in [0.1, 0.15) is 42.0 Å². The molecule has 0 aliphatic carbocycles. The summed E-state index contributed by atoms with van der Waals surface area (Å²) in [6, 6.07) is 22.0. The predicted molar refractivity (Wildman–Crippen MR) is 104 cm³/mol. The van der Waals surface area contributed by atoms with E-state index in [1.54, 1.807) is 6.07 Å². The van der Waals surface area contributed by atoms with Crippen LogP contribution in [0, 0.1) is 11.3 Å². The third kappa shape index (κ3) is 3.05. The normalized spacial score (nSPS) is 16.3. The van der Waals surface area contributed by atoms with Crippen LogP contribution in [0.5, 0.6) is 5.75 Å². The number of piperidine rings is 1. The first-order valence-corrected chi connectivity index (χ1v) is 9.22. The monoisotopic (exact) mass is 342 g/mol. The summed E-state index contributed by atoms with van der Waals surface area (Å²) in [5.41, 5.74) is 2.75. The van der Waals surface area contributed by atoms with E-state index in [2.05, 4.69) is 23.1 Å². The lowest BCUT2D eigenvalue weighted by atomic mass is 9.90. The van der Waals surface area contributed by atoms with Gasteiger partial charge in [-0.3, -0.25) is 4.90 Å². The van der Waals surface area contributed by atoms with Crippen LogP contribution >= 0.6 is 0 Å². The fourth-order valence-electron chi connectivity index (χ4n) is 4.05. The molecule has 0 bridgehead atoms. The van der Waals surface area contributed by atoms with Crippen LogP contribution in [0.4, 0.5) is 0 Å². The highest BCUT2D eigenvalue weighted by Crippen LogP contribution is 2.40. The number of nitrogens with zero attached hydrogens (tertiary/aromatic N) is 2. The van der Waals surface area contributed by atoms with Gasteiger partial charge in [0.25, 0.3) is 0 Å². The van der Waals surface area contributed by atoms with Gasteiger partial charge in [-0.15, -0.1) is 0 Å². The van der Waals surface area contributed by atoms with Gasteiger partial charge in [0, 0.05) is 5.56 Å². The van der Waals surface area contributed by atoms with Crippen LogP contribution in [-0.2, 0) is 0 Å². The van der Waals surface area contributed by atoms with E-state index in [1.807, 2.05) is 42.5 Å². The van der Waals surface area contributed by atoms with Gasteiger partial charge in [0.05, 0.1) is 17.7 Å². The van der Waals surface area contributed by atoms with Gasteiger partial charge in [0.1, 0.15) is 5.75 Å². The van der Waals surface area contributed by atoms with Crippen molar-refractivity contribution in [3.05, 3.63) is 77.4 Å². The minimum Gasteiger partial charge on any atom is -0.508 e. The Morgan fingerprint density at radius 1 is 0.885 bits per heavy atom. The maximum atomic E-state index is 10.8. The molecule has 130 valence electrons. The summed E-state index contributed by atoms with van der Waals surface area (Å²) in [6.45, 7) is 2.04. The summed E-state index contributed by atoms with van der Waals surface area (Å²) >= 11 is 0. The molecule has 0 radical (unpaired) electrons. The first-order chi connectivity index (χ1) is 12.8. The first-order valence-electron chi connectivity index (χ1n) is 9.22. The molecule has 0 saturated carbocycles. The third-order valence-corrected chi connectivity index (χ3v) is 5.33. The molecule has 3 heteroatoms. The number of likely N-dealkylation sites (tertiary alicyclic amines) is 1. The molecular formula is C23H22N2O. The van der Waals surface area contributed by atoms with Crippen LogP contribution in [0.3, 0.4) is 0 Å². The van der Waals surface area contributed by atoms with E-state index in [1.165, 1.54) is 19.3 Å². The van der Waals surface area contributed by atoms with Gasteiger partial charge in [-0.1, -0.05) is 48.9 Å². The highest BCUT2D eigenvalue weighted by molar-refractivity contribution is 5.88. The topological polar surface area (TPSA) is 47.3 Å². The fraction of sp³-hybridized carbons (Fsp3) is 0.261. The standard InChI is InChI=1S/C23H22N2O/c24-16-17-8-10-19(11-9-17)23(25-14-4-1-5-15-25)22-20-7-3-2-6-18(20)12-13-21(22)26/h2-3,6-13,23,26H,1,4-5,14-15H2. The zero-order valence-electron chi connectivity index (χ0n) is 14.7. The number of nitriles is 1. The quantitative estimate of drug-likeness (QED) is 0.729. The summed E-state index contributed by atoms with van der Waals surface area (Å²) in [5, 5.41) is 22.1. The van der Waals surface area contributed by atoms with Crippen molar-refractivity contribution in [3.63, 3.8) is 0 Å². The van der Waals surface area contributed by atoms with E-state index in [-0.39, 0.29) is 6.04 Å². The molecule has 3 aromatic carbocycles. The van der Waals surface area contributed by atoms with Gasteiger partial charge in [-0.25, -0.2) is 0 Å². The number of hydrogen-bond acceptors (Lipinski definition) is 3. The number of phenolic OH excluding ortho intramolecular Hbond substituents is 1. The molecule has 0 aromatic heterocycles. The smallest absolute Gasteiger partial charge is 0.121 e. The molecule has 4 rings (SSSR count). The molecule has 1 fully saturated rings. The zero-order chi connectivity index (χ0) is 17.9. The molecule has 3 nitrogen and oxygen atoms in total. The molecule has 1 saturated heterocycles. The summed E-state index contributed by atoms with van der Waals surface area (Å²) in [6.07, 6.45) is 3.62. The van der Waals surface area contributed by atoms with Crippen LogP contribution in [0.15, 0.2) is 60.7 Å². The molecule has 1 heterocycles. The summed E-state index contributed by atoms with van der Waals surface area (Å²) in [4.78, 5) is 2.46. The van der Waals surface area contributed by atoms with E-state index in [4.69, 9.17) is 5.26 Å². The lowest BCUT2D eigenvalue weighted by molar-refractivity contribution is 0.186. The van der Waals surface area contributed by atoms with E-state index in [9.17, 15) is 5.11 Å². The number of rotatable bonds is 3. The molecular weight excluding hydrogens is 320 g/mol. The number of phenols is 1. The predicted octanol–water partition coefficient (Wildman–Crippen LogP) is 4.99. The van der Waals surface area contributed by atoms with Crippen molar-refractivity contribution in [2.75, 3.05) is 13.1 Å². The second-order valence-corrected chi connectivity index (χ2v) is 6.95. The van der Waals surface area contributed by atoms with Gasteiger partial charge < -0.3 is 5.11 Å². The van der Waals surface area contributed by atoms with Crippen molar-refractivity contribution in [3.8, 4) is 11.8 Å². The minimum atomic E-state index is -0.00542. The average Bonchev–Trinajstić information content (AvgIpc) is 2.71. The molecule has 1 aliphatic heterocycles. The summed E-state index contributed by atoms with van der Waals surface area (Å²) in [7, 11) is 0. The summed E-state index contributed by atoms with van der Waals surface area (Å²) in [5.74, 6) is 0.337. The highest BCUT2D eigenvalue weighted by atomic mass is 16.3. The third-order valence-electron chi connectivity index (χ3n) is 5.33.